The summed E-state index contributed by atoms with van der Waals surface area (Å²) < 4.78 is 50.5. The molecule has 0 bridgehead atoms. The Morgan fingerprint density at radius 3 is 1.00 bits per heavy atom. The molecule has 0 aliphatic heterocycles. The molecule has 0 unspecified atom stereocenters. The molecule has 0 aromatic heterocycles. The van der Waals surface area contributed by atoms with Gasteiger partial charge in [-0.05, 0) is 10.4 Å². The number of hydrogen-bond donors (Lipinski definition) is 0. The summed E-state index contributed by atoms with van der Waals surface area (Å²) in [6.07, 6.45) is 0. The van der Waals surface area contributed by atoms with E-state index >= 15 is 0 Å². The lowest BCUT2D eigenvalue weighted by atomic mass is 10.2. The number of halogens is 4. The van der Waals surface area contributed by atoms with E-state index in [0.29, 0.717) is 0 Å². The van der Waals surface area contributed by atoms with Gasteiger partial charge in [0.25, 0.3) is 0 Å². The Kier molecular flexibility index (Phi) is 2.54. The average Bonchev–Trinajstić information content (AvgIpc) is 2.17. The van der Waals surface area contributed by atoms with E-state index in [4.69, 9.17) is 0 Å². The Bertz CT molecular complexity index is 353. The predicted octanol–water partition coefficient (Wildman–Crippen LogP) is 3.04. The Balaban J connectivity index is 3.71. The Morgan fingerprint density at radius 2 is 0.857 bits per heavy atom. The van der Waals surface area contributed by atoms with Gasteiger partial charge in [-0.15, -0.1) is 9.81 Å². The lowest BCUT2D eigenvalue weighted by molar-refractivity contribution is 0.461. The molecular weight excluding hydrogens is 208 g/mol. The lowest BCUT2D eigenvalue weighted by Crippen LogP contribution is -1.95. The highest BCUT2D eigenvalue weighted by Crippen LogP contribution is 2.34. The van der Waals surface area contributed by atoms with E-state index in [-0.39, 0.29) is 0 Å². The van der Waals surface area contributed by atoms with Crippen molar-refractivity contribution in [3.05, 3.63) is 33.1 Å². The summed E-state index contributed by atoms with van der Waals surface area (Å²) in [7, 11) is 0. The zero-order valence-electron chi connectivity index (χ0n) is 6.22. The number of nitrogens with zero attached hydrogens (tertiary/aromatic N) is 2. The summed E-state index contributed by atoms with van der Waals surface area (Å²) in [5.74, 6) is -8.19. The molecule has 1 rings (SSSR count). The van der Waals surface area contributed by atoms with E-state index in [9.17, 15) is 27.4 Å². The second-order valence-electron chi connectivity index (χ2n) is 2.14. The van der Waals surface area contributed by atoms with Crippen LogP contribution in [0.1, 0.15) is 0 Å². The fourth-order valence-electron chi connectivity index (χ4n) is 0.769. The molecule has 14 heavy (non-hydrogen) atoms. The molecule has 1 aromatic carbocycles. The first-order chi connectivity index (χ1) is 6.54. The first-order valence-corrected chi connectivity index (χ1v) is 3.07. The van der Waals surface area contributed by atoms with Crippen LogP contribution in [0.25, 0.3) is 0 Å². The second kappa shape index (κ2) is 3.48. The van der Waals surface area contributed by atoms with Gasteiger partial charge < -0.3 is 0 Å². The Labute approximate surface area is 73.5 Å². The van der Waals surface area contributed by atoms with Crippen LogP contribution < -0.4 is 0 Å². The van der Waals surface area contributed by atoms with Crippen LogP contribution in [0.15, 0.2) is 10.4 Å². The molecule has 0 saturated carbocycles. The van der Waals surface area contributed by atoms with Crippen LogP contribution in [0.2, 0.25) is 0 Å². The fourth-order valence-corrected chi connectivity index (χ4v) is 0.769. The number of nitroso groups, excluding NO2 is 2. The molecule has 8 heteroatoms. The quantitative estimate of drug-likeness (QED) is 0.426. The summed E-state index contributed by atoms with van der Waals surface area (Å²) in [5, 5.41) is 3.49. The molecule has 0 aliphatic carbocycles. The van der Waals surface area contributed by atoms with E-state index in [1.165, 1.54) is 0 Å². The van der Waals surface area contributed by atoms with Gasteiger partial charge in [-0.1, -0.05) is 0 Å². The van der Waals surface area contributed by atoms with E-state index < -0.39 is 34.6 Å². The molecule has 0 N–H and O–H groups in total. The fraction of sp³-hybridized carbons (Fsp3) is 0. The lowest BCUT2D eigenvalue weighted by Gasteiger charge is -2.01. The molecule has 0 saturated heterocycles. The summed E-state index contributed by atoms with van der Waals surface area (Å²) >= 11 is 0. The van der Waals surface area contributed by atoms with Gasteiger partial charge in [-0.3, -0.25) is 0 Å². The summed E-state index contributed by atoms with van der Waals surface area (Å²) in [5.41, 5.74) is -3.32. The molecule has 0 spiro atoms. The number of benzene rings is 1. The molecule has 0 fully saturated rings. The molecule has 0 radical (unpaired) electrons. The normalized spacial score (nSPS) is 10.0. The third kappa shape index (κ3) is 1.24. The van der Waals surface area contributed by atoms with Crippen molar-refractivity contribution in [2.45, 2.75) is 0 Å². The first-order valence-electron chi connectivity index (χ1n) is 3.07. The highest BCUT2D eigenvalue weighted by Gasteiger charge is 2.26. The molecule has 0 atom stereocenters. The van der Waals surface area contributed by atoms with Crippen LogP contribution in [0, 0.1) is 33.1 Å². The minimum Gasteiger partial charge on any atom is -0.201 e. The van der Waals surface area contributed by atoms with E-state index in [2.05, 4.69) is 0 Å². The average molecular weight is 208 g/mol. The molecule has 0 amide bonds. The minimum absolute atomic E-state index is 1.66. The van der Waals surface area contributed by atoms with Crippen molar-refractivity contribution in [1.82, 2.24) is 0 Å². The van der Waals surface area contributed by atoms with Crippen molar-refractivity contribution in [3.8, 4) is 0 Å². The van der Waals surface area contributed by atoms with Crippen LogP contribution >= 0.6 is 0 Å². The maximum absolute atomic E-state index is 12.6. The highest BCUT2D eigenvalue weighted by atomic mass is 19.2. The molecule has 0 heterocycles. The van der Waals surface area contributed by atoms with E-state index in [1.807, 2.05) is 0 Å². The standard InChI is InChI=1S/C6F4N2O2/c7-1-2(8)6(12-14)4(10)3(9)5(1)11-13. The molecule has 4 nitrogen and oxygen atoms in total. The van der Waals surface area contributed by atoms with Gasteiger partial charge >= 0.3 is 0 Å². The van der Waals surface area contributed by atoms with Crippen molar-refractivity contribution in [2.24, 2.45) is 10.4 Å². The third-order valence-corrected chi connectivity index (χ3v) is 1.40. The minimum atomic E-state index is -2.05. The number of rotatable bonds is 2. The smallest absolute Gasteiger partial charge is 0.193 e. The molecule has 74 valence electrons. The highest BCUT2D eigenvalue weighted by molar-refractivity contribution is 5.52. The maximum Gasteiger partial charge on any atom is 0.193 e. The van der Waals surface area contributed by atoms with Gasteiger partial charge in [0.1, 0.15) is 0 Å². The Hall–Kier alpha value is -1.86. The zero-order valence-corrected chi connectivity index (χ0v) is 6.22. The van der Waals surface area contributed by atoms with Crippen LogP contribution in [0.3, 0.4) is 0 Å². The summed E-state index contributed by atoms with van der Waals surface area (Å²) in [4.78, 5) is 19.6. The van der Waals surface area contributed by atoms with E-state index in [1.54, 1.807) is 10.4 Å². The van der Waals surface area contributed by atoms with Crippen molar-refractivity contribution in [1.29, 1.82) is 0 Å². The van der Waals surface area contributed by atoms with Gasteiger partial charge in [0, 0.05) is 0 Å². The monoisotopic (exact) mass is 208 g/mol. The predicted molar refractivity (Wildman–Crippen MR) is 37.2 cm³/mol. The molecule has 1 aromatic rings. The largest absolute Gasteiger partial charge is 0.201 e. The van der Waals surface area contributed by atoms with E-state index in [0.717, 1.165) is 0 Å². The van der Waals surface area contributed by atoms with Gasteiger partial charge in [0.15, 0.2) is 34.6 Å². The van der Waals surface area contributed by atoms with Crippen LogP contribution in [-0.2, 0) is 0 Å². The van der Waals surface area contributed by atoms with Crippen molar-refractivity contribution < 1.29 is 17.6 Å². The van der Waals surface area contributed by atoms with Crippen LogP contribution in [0.4, 0.5) is 28.9 Å². The maximum atomic E-state index is 12.6. The molecule has 0 aliphatic rings. The number of hydrogen-bond acceptors (Lipinski definition) is 4. The van der Waals surface area contributed by atoms with Gasteiger partial charge in [-0.25, -0.2) is 17.6 Å². The van der Waals surface area contributed by atoms with Crippen molar-refractivity contribution in [3.63, 3.8) is 0 Å². The van der Waals surface area contributed by atoms with Crippen LogP contribution in [-0.4, -0.2) is 0 Å². The second-order valence-corrected chi connectivity index (χ2v) is 2.14. The summed E-state index contributed by atoms with van der Waals surface area (Å²) in [6, 6.07) is 0. The Morgan fingerprint density at radius 1 is 0.643 bits per heavy atom. The summed E-state index contributed by atoms with van der Waals surface area (Å²) in [6.45, 7) is 0. The van der Waals surface area contributed by atoms with Crippen molar-refractivity contribution >= 4 is 11.4 Å². The first kappa shape index (κ1) is 10.2. The van der Waals surface area contributed by atoms with Gasteiger partial charge in [-0.2, -0.15) is 0 Å². The van der Waals surface area contributed by atoms with Gasteiger partial charge in [0.05, 0.1) is 0 Å². The SMILES string of the molecule is O=Nc1c(F)c(F)c(N=O)c(F)c1F. The topological polar surface area (TPSA) is 58.9 Å². The molecular formula is C6F4N2O2. The van der Waals surface area contributed by atoms with Gasteiger partial charge in [0.2, 0.25) is 0 Å². The zero-order chi connectivity index (χ0) is 10.9. The third-order valence-electron chi connectivity index (χ3n) is 1.40. The van der Waals surface area contributed by atoms with Crippen molar-refractivity contribution in [2.75, 3.05) is 0 Å². The van der Waals surface area contributed by atoms with Crippen LogP contribution in [0.5, 0.6) is 0 Å².